The molecule has 2 aromatic heterocycles. The normalized spacial score (nSPS) is 19.6. The topological polar surface area (TPSA) is 155 Å². The van der Waals surface area contributed by atoms with Crippen LogP contribution in [0.3, 0.4) is 0 Å². The molecule has 0 bridgehead atoms. The van der Waals surface area contributed by atoms with Gasteiger partial charge in [-0.1, -0.05) is 41.5 Å². The molecule has 0 unspecified atom stereocenters. The Morgan fingerprint density at radius 1 is 0.707 bits per heavy atom. The van der Waals surface area contributed by atoms with Crippen LogP contribution in [-0.2, 0) is 57.3 Å². The van der Waals surface area contributed by atoms with Crippen molar-refractivity contribution in [3.05, 3.63) is 48.0 Å². The zero-order valence-corrected chi connectivity index (χ0v) is 37.1. The van der Waals surface area contributed by atoms with Crippen LogP contribution in [-0.4, -0.2) is 92.2 Å². The fraction of sp³-hybridized carbons (Fsp3) is 0.643. The number of sulfonamides is 1. The summed E-state index contributed by atoms with van der Waals surface area (Å²) in [6.45, 7) is 19.2. The minimum Gasteiger partial charge on any atom is -0.381 e. The number of hydrogen-bond acceptors (Lipinski definition) is 9. The highest BCUT2D eigenvalue weighted by atomic mass is 35.7. The molecular weight excluding hydrogens is 800 g/mol. The number of rotatable bonds is 10. The third kappa shape index (κ3) is 9.76. The van der Waals surface area contributed by atoms with E-state index >= 15 is 0 Å². The van der Waals surface area contributed by atoms with Crippen LogP contribution in [0, 0.1) is 23.7 Å². The molecule has 1 amide bonds. The maximum atomic E-state index is 13.3. The molecule has 1 aliphatic carbocycles. The molecule has 13 nitrogen and oxygen atoms in total. The Kier molecular flexibility index (Phi) is 12.4. The van der Waals surface area contributed by atoms with E-state index in [1.165, 1.54) is 4.31 Å². The van der Waals surface area contributed by atoms with Gasteiger partial charge in [-0.3, -0.25) is 4.79 Å². The summed E-state index contributed by atoms with van der Waals surface area (Å²) in [7, 11) is -1.86. The van der Waals surface area contributed by atoms with E-state index in [1.807, 2.05) is 12.1 Å². The number of carbonyl (C=O) groups is 1. The first-order valence-electron chi connectivity index (χ1n) is 20.7. The number of benzene rings is 2. The highest BCUT2D eigenvalue weighted by Gasteiger charge is 2.38. The summed E-state index contributed by atoms with van der Waals surface area (Å²) in [5.74, 6) is 3.50. The number of hydrogen-bond donors (Lipinski definition) is 1. The fourth-order valence-corrected chi connectivity index (χ4v) is 10.5. The minimum absolute atomic E-state index is 0.0906. The van der Waals surface area contributed by atoms with E-state index in [4.69, 9.17) is 30.1 Å². The van der Waals surface area contributed by atoms with Gasteiger partial charge >= 0.3 is 0 Å². The van der Waals surface area contributed by atoms with Gasteiger partial charge in [-0.25, -0.2) is 26.8 Å². The summed E-state index contributed by atoms with van der Waals surface area (Å²) in [5, 5.41) is 2.96. The van der Waals surface area contributed by atoms with E-state index in [1.54, 1.807) is 24.3 Å². The Bertz CT molecular complexity index is 2340. The second-order valence-corrected chi connectivity index (χ2v) is 23.2. The number of imidazole rings is 2. The van der Waals surface area contributed by atoms with Gasteiger partial charge in [0.25, 0.3) is 9.05 Å². The zero-order chi connectivity index (χ0) is 41.6. The van der Waals surface area contributed by atoms with Crippen LogP contribution < -0.4 is 5.32 Å². The standard InChI is InChI=1S/C25H36N4O4S.C17H23ClN2O3S/c1-25(2,3)24-27-21-12-20(6-7-22(21)29(24)16-17-8-10-33-11-9-17)34(31,32)28-14-18(15-28)13-26-23(30)19-4-5-19;1-17(2,3)16-19-14-10-13(24(18,21)22)4-5-15(14)20(16)11-12-6-8-23-9-7-12/h6-7,12,17-19H,4-5,8-11,13-16H2,1-3H3,(H,26,30);4-5,10,12H,6-9,11H2,1-3H3. The summed E-state index contributed by atoms with van der Waals surface area (Å²) in [4.78, 5) is 21.9. The Balaban J connectivity index is 0.000000188. The second-order valence-electron chi connectivity index (χ2n) is 18.6. The molecule has 3 saturated heterocycles. The maximum absolute atomic E-state index is 13.3. The van der Waals surface area contributed by atoms with Crippen LogP contribution >= 0.6 is 10.7 Å². The van der Waals surface area contributed by atoms with Crippen molar-refractivity contribution in [2.75, 3.05) is 46.1 Å². The van der Waals surface area contributed by atoms with Gasteiger partial charge in [0.15, 0.2) is 0 Å². The summed E-state index contributed by atoms with van der Waals surface area (Å²) >= 11 is 0. The van der Waals surface area contributed by atoms with Crippen molar-refractivity contribution in [3.8, 4) is 0 Å². The van der Waals surface area contributed by atoms with Crippen molar-refractivity contribution in [1.82, 2.24) is 28.7 Å². The predicted octanol–water partition coefficient (Wildman–Crippen LogP) is 6.60. The summed E-state index contributed by atoms with van der Waals surface area (Å²) in [5.41, 5.74) is 3.05. The lowest BCUT2D eigenvalue weighted by Crippen LogP contribution is -2.53. The van der Waals surface area contributed by atoms with Crippen LogP contribution in [0.2, 0.25) is 0 Å². The first-order chi connectivity index (χ1) is 27.3. The van der Waals surface area contributed by atoms with Gasteiger partial charge in [0.05, 0.1) is 31.9 Å². The molecule has 4 aliphatic rings. The molecule has 0 radical (unpaired) electrons. The average Bonchev–Trinajstić information content (AvgIpc) is 3.84. The van der Waals surface area contributed by atoms with Crippen molar-refractivity contribution < 1.29 is 31.1 Å². The Labute approximate surface area is 347 Å². The Morgan fingerprint density at radius 2 is 1.16 bits per heavy atom. The van der Waals surface area contributed by atoms with Crippen LogP contribution in [0.15, 0.2) is 46.2 Å². The molecule has 1 saturated carbocycles. The summed E-state index contributed by atoms with van der Waals surface area (Å²) in [6, 6.07) is 10.3. The molecule has 0 spiro atoms. The molecule has 5 heterocycles. The Hall–Kier alpha value is -3.08. The number of amides is 1. The molecule has 0 atom stereocenters. The highest BCUT2D eigenvalue weighted by molar-refractivity contribution is 8.13. The van der Waals surface area contributed by atoms with Gasteiger partial charge in [-0.15, -0.1) is 0 Å². The third-order valence-corrected chi connectivity index (χ3v) is 14.9. The van der Waals surface area contributed by atoms with Crippen LogP contribution in [0.1, 0.15) is 91.7 Å². The molecule has 4 aromatic rings. The van der Waals surface area contributed by atoms with Crippen molar-refractivity contribution in [2.24, 2.45) is 23.7 Å². The quantitative estimate of drug-likeness (QED) is 0.174. The van der Waals surface area contributed by atoms with Crippen molar-refractivity contribution in [1.29, 1.82) is 0 Å². The van der Waals surface area contributed by atoms with Gasteiger partial charge < -0.3 is 23.9 Å². The Morgan fingerprint density at radius 3 is 1.59 bits per heavy atom. The molecule has 4 fully saturated rings. The SMILES string of the molecule is CC(C)(C)c1nc2cc(S(=O)(=O)Cl)ccc2n1CC1CCOCC1.CC(C)(C)c1nc2cc(S(=O)(=O)N3CC(CNC(=O)C4CC4)C3)ccc2n1CC1CCOCC1. The number of aromatic nitrogens is 4. The number of nitrogens with one attached hydrogen (secondary N) is 1. The molecule has 3 aliphatic heterocycles. The molecule has 2 aromatic carbocycles. The van der Waals surface area contributed by atoms with E-state index in [-0.39, 0.29) is 38.4 Å². The predicted molar refractivity (Wildman–Crippen MR) is 225 cm³/mol. The van der Waals surface area contributed by atoms with Crippen LogP contribution in [0.25, 0.3) is 22.1 Å². The van der Waals surface area contributed by atoms with E-state index < -0.39 is 19.1 Å². The van der Waals surface area contributed by atoms with Gasteiger partial charge in [0, 0.05) is 92.5 Å². The van der Waals surface area contributed by atoms with Gasteiger partial charge in [0.2, 0.25) is 15.9 Å². The lowest BCUT2D eigenvalue weighted by molar-refractivity contribution is -0.122. The second kappa shape index (κ2) is 16.8. The third-order valence-electron chi connectivity index (χ3n) is 11.7. The molecule has 16 heteroatoms. The minimum atomic E-state index is -3.75. The van der Waals surface area contributed by atoms with Gasteiger partial charge in [-0.2, -0.15) is 4.31 Å². The lowest BCUT2D eigenvalue weighted by Gasteiger charge is -2.38. The van der Waals surface area contributed by atoms with E-state index in [0.717, 1.165) is 106 Å². The molecule has 1 N–H and O–H groups in total. The van der Waals surface area contributed by atoms with Gasteiger partial charge in [-0.05, 0) is 86.8 Å². The number of nitrogens with zero attached hydrogens (tertiary/aromatic N) is 5. The first kappa shape index (κ1) is 43.0. The van der Waals surface area contributed by atoms with E-state index in [0.29, 0.717) is 37.0 Å². The van der Waals surface area contributed by atoms with Crippen molar-refractivity contribution >= 4 is 57.7 Å². The number of carbonyl (C=O) groups excluding carboxylic acids is 1. The van der Waals surface area contributed by atoms with Crippen molar-refractivity contribution in [2.45, 2.75) is 114 Å². The molecule has 58 heavy (non-hydrogen) atoms. The zero-order valence-electron chi connectivity index (χ0n) is 34.7. The van der Waals surface area contributed by atoms with Crippen LogP contribution in [0.4, 0.5) is 0 Å². The molecular formula is C42H59ClN6O7S2. The van der Waals surface area contributed by atoms with Gasteiger partial charge in [0.1, 0.15) is 11.6 Å². The van der Waals surface area contributed by atoms with E-state index in [9.17, 15) is 21.6 Å². The molecule has 318 valence electrons. The number of fused-ring (bicyclic) bond motifs is 2. The fourth-order valence-electron chi connectivity index (χ4n) is 8.15. The maximum Gasteiger partial charge on any atom is 0.261 e. The van der Waals surface area contributed by atoms with Crippen molar-refractivity contribution in [3.63, 3.8) is 0 Å². The highest BCUT2D eigenvalue weighted by Crippen LogP contribution is 2.34. The monoisotopic (exact) mass is 858 g/mol. The first-order valence-corrected chi connectivity index (χ1v) is 24.4. The smallest absolute Gasteiger partial charge is 0.261 e. The number of halogens is 1. The lowest BCUT2D eigenvalue weighted by atomic mass is 9.94. The van der Waals surface area contributed by atoms with Crippen LogP contribution in [0.5, 0.6) is 0 Å². The summed E-state index contributed by atoms with van der Waals surface area (Å²) in [6.07, 6.45) is 6.09. The average molecular weight is 860 g/mol. The number of ether oxygens (including phenoxy) is 2. The summed E-state index contributed by atoms with van der Waals surface area (Å²) < 4.78 is 66.7. The van der Waals surface area contributed by atoms with E-state index in [2.05, 4.69) is 56.0 Å². The largest absolute Gasteiger partial charge is 0.381 e. The molecule has 8 rings (SSSR count).